The van der Waals surface area contributed by atoms with Gasteiger partial charge in [0.15, 0.2) is 6.10 Å². The van der Waals surface area contributed by atoms with Crippen molar-refractivity contribution < 1.29 is 14.4 Å². The van der Waals surface area contributed by atoms with E-state index < -0.39 is 24.0 Å². The lowest BCUT2D eigenvalue weighted by Gasteiger charge is -2.28. The lowest BCUT2D eigenvalue weighted by atomic mass is 9.90. The van der Waals surface area contributed by atoms with Crippen molar-refractivity contribution in [2.75, 3.05) is 9.96 Å². The number of hydrogen-bond acceptors (Lipinski definition) is 4. The zero-order valence-corrected chi connectivity index (χ0v) is 17.1. The number of benzene rings is 3. The van der Waals surface area contributed by atoms with Crippen molar-refractivity contribution in [1.82, 2.24) is 0 Å². The maximum Gasteiger partial charge on any atom is 0.266 e. The standard InChI is InChI=1S/C23H16Cl2N2O3/c24-17-12-11-16(13-18(17)25)26-22(28)19-20(14-7-3-1-4-8-14)27(30-21(19)23(26)29)15-9-5-2-6-10-15/h1-13,19-21H. The van der Waals surface area contributed by atoms with Gasteiger partial charge >= 0.3 is 0 Å². The minimum atomic E-state index is -0.919. The van der Waals surface area contributed by atoms with Gasteiger partial charge < -0.3 is 0 Å². The minimum Gasteiger partial charge on any atom is -0.273 e. The Bertz CT molecular complexity index is 1120. The summed E-state index contributed by atoms with van der Waals surface area (Å²) in [5.41, 5.74) is 2.06. The van der Waals surface area contributed by atoms with E-state index in [-0.39, 0.29) is 10.9 Å². The first-order valence-corrected chi connectivity index (χ1v) is 10.2. The number of carbonyl (C=O) groups excluding carboxylic acids is 2. The molecule has 7 heteroatoms. The van der Waals surface area contributed by atoms with Gasteiger partial charge in [-0.3, -0.25) is 14.4 Å². The number of hydrogen-bond donors (Lipinski definition) is 0. The number of amides is 2. The summed E-state index contributed by atoms with van der Waals surface area (Å²) in [7, 11) is 0. The molecule has 150 valence electrons. The molecule has 3 unspecified atom stereocenters. The van der Waals surface area contributed by atoms with Gasteiger partial charge in [0.1, 0.15) is 5.92 Å². The predicted octanol–water partition coefficient (Wildman–Crippen LogP) is 5.04. The molecule has 2 heterocycles. The summed E-state index contributed by atoms with van der Waals surface area (Å²) in [5.74, 6) is -1.42. The molecular weight excluding hydrogens is 423 g/mol. The van der Waals surface area contributed by atoms with Crippen LogP contribution in [0.25, 0.3) is 0 Å². The number of hydroxylamine groups is 1. The zero-order valence-electron chi connectivity index (χ0n) is 15.6. The van der Waals surface area contributed by atoms with Crippen molar-refractivity contribution in [2.24, 2.45) is 5.92 Å². The maximum atomic E-state index is 13.5. The van der Waals surface area contributed by atoms with Crippen LogP contribution >= 0.6 is 23.2 Å². The van der Waals surface area contributed by atoms with Crippen LogP contribution in [0.3, 0.4) is 0 Å². The van der Waals surface area contributed by atoms with Crippen LogP contribution in [0, 0.1) is 5.92 Å². The van der Waals surface area contributed by atoms with Crippen LogP contribution in [0.15, 0.2) is 78.9 Å². The van der Waals surface area contributed by atoms with Crippen molar-refractivity contribution in [3.8, 4) is 0 Å². The van der Waals surface area contributed by atoms with Gasteiger partial charge in [-0.05, 0) is 35.9 Å². The van der Waals surface area contributed by atoms with Crippen LogP contribution in [-0.4, -0.2) is 17.9 Å². The van der Waals surface area contributed by atoms with Gasteiger partial charge in [0.05, 0.1) is 27.5 Å². The number of para-hydroxylation sites is 1. The number of carbonyl (C=O) groups is 2. The third-order valence-corrected chi connectivity index (χ3v) is 6.17. The fourth-order valence-corrected chi connectivity index (χ4v) is 4.37. The number of halogens is 2. The fraction of sp³-hybridized carbons (Fsp3) is 0.130. The normalized spacial score (nSPS) is 23.2. The van der Waals surface area contributed by atoms with Crippen molar-refractivity contribution >= 4 is 46.4 Å². The van der Waals surface area contributed by atoms with Crippen LogP contribution in [0.2, 0.25) is 10.0 Å². The van der Waals surface area contributed by atoms with Gasteiger partial charge in [-0.2, -0.15) is 0 Å². The molecule has 2 amide bonds. The Morgan fingerprint density at radius 2 is 1.40 bits per heavy atom. The lowest BCUT2D eigenvalue weighted by Crippen LogP contribution is -2.37. The van der Waals surface area contributed by atoms with Crippen molar-refractivity contribution in [1.29, 1.82) is 0 Å². The summed E-state index contributed by atoms with van der Waals surface area (Å²) in [5, 5.41) is 2.30. The number of nitrogens with zero attached hydrogens (tertiary/aromatic N) is 2. The number of imide groups is 1. The van der Waals surface area contributed by atoms with E-state index in [1.807, 2.05) is 60.7 Å². The van der Waals surface area contributed by atoms with E-state index in [0.717, 1.165) is 16.2 Å². The van der Waals surface area contributed by atoms with E-state index in [9.17, 15) is 9.59 Å². The third kappa shape index (κ3) is 2.98. The summed E-state index contributed by atoms with van der Waals surface area (Å²) in [6.45, 7) is 0. The van der Waals surface area contributed by atoms with Crippen LogP contribution in [0.1, 0.15) is 11.6 Å². The fourth-order valence-electron chi connectivity index (χ4n) is 4.08. The molecule has 0 saturated carbocycles. The summed E-state index contributed by atoms with van der Waals surface area (Å²) in [6, 6.07) is 23.3. The molecule has 0 aromatic heterocycles. The van der Waals surface area contributed by atoms with Crippen LogP contribution < -0.4 is 9.96 Å². The molecule has 0 radical (unpaired) electrons. The van der Waals surface area contributed by atoms with Crippen LogP contribution in [0.5, 0.6) is 0 Å². The summed E-state index contributed by atoms with van der Waals surface area (Å²) in [6.07, 6.45) is -0.919. The SMILES string of the molecule is O=C1C2ON(c3ccccc3)C(c3ccccc3)C2C(=O)N1c1ccc(Cl)c(Cl)c1. The Kier molecular flexibility index (Phi) is 4.74. The van der Waals surface area contributed by atoms with E-state index in [1.54, 1.807) is 17.2 Å². The van der Waals surface area contributed by atoms with Crippen molar-refractivity contribution in [3.63, 3.8) is 0 Å². The molecule has 2 aliphatic rings. The topological polar surface area (TPSA) is 49.9 Å². The second kappa shape index (κ2) is 7.43. The monoisotopic (exact) mass is 438 g/mol. The molecule has 2 fully saturated rings. The molecule has 2 saturated heterocycles. The summed E-state index contributed by atoms with van der Waals surface area (Å²) < 4.78 is 0. The first-order chi connectivity index (χ1) is 14.6. The molecule has 2 aliphatic heterocycles. The van der Waals surface area contributed by atoms with E-state index in [0.29, 0.717) is 10.7 Å². The van der Waals surface area contributed by atoms with Gasteiger partial charge in [0, 0.05) is 0 Å². The van der Waals surface area contributed by atoms with Gasteiger partial charge in [-0.25, -0.2) is 9.96 Å². The van der Waals surface area contributed by atoms with E-state index in [4.69, 9.17) is 28.0 Å². The Balaban J connectivity index is 1.58. The molecule has 0 spiro atoms. The van der Waals surface area contributed by atoms with E-state index in [2.05, 4.69) is 0 Å². The quantitative estimate of drug-likeness (QED) is 0.537. The number of anilines is 2. The largest absolute Gasteiger partial charge is 0.273 e. The van der Waals surface area contributed by atoms with Gasteiger partial charge in [0.25, 0.3) is 5.91 Å². The molecule has 0 bridgehead atoms. The average molecular weight is 439 g/mol. The number of fused-ring (bicyclic) bond motifs is 1. The van der Waals surface area contributed by atoms with Crippen LogP contribution in [0.4, 0.5) is 11.4 Å². The van der Waals surface area contributed by atoms with Gasteiger partial charge in [0.2, 0.25) is 5.91 Å². The minimum absolute atomic E-state index is 0.276. The summed E-state index contributed by atoms with van der Waals surface area (Å²) >= 11 is 12.1. The van der Waals surface area contributed by atoms with E-state index >= 15 is 0 Å². The second-order valence-corrected chi connectivity index (χ2v) is 7.99. The Morgan fingerprint density at radius 1 is 0.733 bits per heavy atom. The van der Waals surface area contributed by atoms with Crippen LogP contribution in [-0.2, 0) is 14.4 Å². The average Bonchev–Trinajstić information content (AvgIpc) is 3.28. The molecule has 5 nitrogen and oxygen atoms in total. The zero-order chi connectivity index (χ0) is 20.8. The highest BCUT2D eigenvalue weighted by atomic mass is 35.5. The first kappa shape index (κ1) is 19.1. The molecule has 0 aliphatic carbocycles. The Hall–Kier alpha value is -2.86. The maximum absolute atomic E-state index is 13.5. The van der Waals surface area contributed by atoms with Gasteiger partial charge in [-0.1, -0.05) is 71.7 Å². The summed E-state index contributed by atoms with van der Waals surface area (Å²) in [4.78, 5) is 33.9. The van der Waals surface area contributed by atoms with E-state index in [1.165, 1.54) is 6.07 Å². The molecule has 3 aromatic carbocycles. The molecular formula is C23H16Cl2N2O3. The molecule has 0 N–H and O–H groups in total. The van der Waals surface area contributed by atoms with Crippen molar-refractivity contribution in [3.05, 3.63) is 94.5 Å². The highest BCUT2D eigenvalue weighted by Crippen LogP contribution is 2.47. The van der Waals surface area contributed by atoms with Crippen molar-refractivity contribution in [2.45, 2.75) is 12.1 Å². The Labute approximate surface area is 183 Å². The molecule has 3 aromatic rings. The predicted molar refractivity (Wildman–Crippen MR) is 115 cm³/mol. The van der Waals surface area contributed by atoms with Gasteiger partial charge in [-0.15, -0.1) is 0 Å². The lowest BCUT2D eigenvalue weighted by molar-refractivity contribution is -0.126. The highest BCUT2D eigenvalue weighted by molar-refractivity contribution is 6.42. The second-order valence-electron chi connectivity index (χ2n) is 7.18. The smallest absolute Gasteiger partial charge is 0.266 e. The molecule has 3 atom stereocenters. The Morgan fingerprint density at radius 3 is 2.07 bits per heavy atom. The first-order valence-electron chi connectivity index (χ1n) is 9.45. The molecule has 5 rings (SSSR count). The highest BCUT2D eigenvalue weighted by Gasteiger charge is 2.60. The number of rotatable bonds is 3. The molecule has 30 heavy (non-hydrogen) atoms. The third-order valence-electron chi connectivity index (χ3n) is 5.43.